The first kappa shape index (κ1) is 24.3. The number of anilines is 1. The zero-order valence-corrected chi connectivity index (χ0v) is 20.4. The van der Waals surface area contributed by atoms with Crippen LogP contribution >= 0.6 is 22.9 Å². The Hall–Kier alpha value is -2.39. The Morgan fingerprint density at radius 3 is 2.50 bits per heavy atom. The van der Waals surface area contributed by atoms with Crippen LogP contribution in [-0.4, -0.2) is 31.8 Å². The molecule has 2 aromatic carbocycles. The second-order valence-corrected chi connectivity index (χ2v) is 10.7. The van der Waals surface area contributed by atoms with Crippen LogP contribution in [0.25, 0.3) is 0 Å². The SMILES string of the molecule is COc1ccc(NC(C)=O)cc1S(=O)(=O)N(Cc1ccc(Cl)cc1)C(C)Cc1cccs1. The third-order valence-corrected chi connectivity index (χ3v) is 8.02. The molecule has 6 nitrogen and oxygen atoms in total. The van der Waals surface area contributed by atoms with Crippen LogP contribution in [-0.2, 0) is 27.8 Å². The molecular formula is C23H25ClN2O4S2. The predicted octanol–water partition coefficient (Wildman–Crippen LogP) is 5.19. The minimum atomic E-state index is -3.98. The lowest BCUT2D eigenvalue weighted by Crippen LogP contribution is -2.39. The summed E-state index contributed by atoms with van der Waals surface area (Å²) in [6.45, 7) is 3.42. The maximum atomic E-state index is 13.9. The maximum Gasteiger partial charge on any atom is 0.247 e. The molecule has 0 aliphatic carbocycles. The van der Waals surface area contributed by atoms with Crippen molar-refractivity contribution >= 4 is 44.6 Å². The minimum Gasteiger partial charge on any atom is -0.495 e. The highest BCUT2D eigenvalue weighted by Gasteiger charge is 2.32. The van der Waals surface area contributed by atoms with Crippen LogP contribution in [0.4, 0.5) is 5.69 Å². The summed E-state index contributed by atoms with van der Waals surface area (Å²) in [6.07, 6.45) is 0.568. The Bertz CT molecular complexity index is 1160. The van der Waals surface area contributed by atoms with Gasteiger partial charge in [0.05, 0.1) is 7.11 Å². The van der Waals surface area contributed by atoms with Crippen molar-refractivity contribution in [3.05, 3.63) is 75.4 Å². The number of methoxy groups -OCH3 is 1. The number of hydrogen-bond acceptors (Lipinski definition) is 5. The topological polar surface area (TPSA) is 75.7 Å². The summed E-state index contributed by atoms with van der Waals surface area (Å²) >= 11 is 7.60. The van der Waals surface area contributed by atoms with Crippen LogP contribution in [0.2, 0.25) is 5.02 Å². The number of hydrogen-bond donors (Lipinski definition) is 1. The minimum absolute atomic E-state index is 0.00163. The number of halogens is 1. The van der Waals surface area contributed by atoms with Gasteiger partial charge in [0.15, 0.2) is 0 Å². The molecule has 1 heterocycles. The Balaban J connectivity index is 2.05. The molecule has 0 aliphatic heterocycles. The molecule has 0 saturated carbocycles. The molecule has 1 amide bonds. The number of sulfonamides is 1. The fraction of sp³-hybridized carbons (Fsp3) is 0.261. The van der Waals surface area contributed by atoms with Crippen molar-refractivity contribution in [2.45, 2.75) is 37.8 Å². The number of nitrogens with one attached hydrogen (secondary N) is 1. The van der Waals surface area contributed by atoms with Crippen molar-refractivity contribution in [2.75, 3.05) is 12.4 Å². The van der Waals surface area contributed by atoms with Gasteiger partial charge in [0.25, 0.3) is 0 Å². The van der Waals surface area contributed by atoms with E-state index in [2.05, 4.69) is 5.32 Å². The average Bonchev–Trinajstić information content (AvgIpc) is 3.25. The van der Waals surface area contributed by atoms with E-state index < -0.39 is 10.0 Å². The summed E-state index contributed by atoms with van der Waals surface area (Å²) in [4.78, 5) is 12.6. The zero-order chi connectivity index (χ0) is 23.3. The summed E-state index contributed by atoms with van der Waals surface area (Å²) in [5.74, 6) is -0.0777. The third kappa shape index (κ3) is 5.89. The van der Waals surface area contributed by atoms with Crippen molar-refractivity contribution in [2.24, 2.45) is 0 Å². The van der Waals surface area contributed by atoms with E-state index in [0.29, 0.717) is 17.1 Å². The first-order valence-electron chi connectivity index (χ1n) is 9.95. The number of thiophene rings is 1. The lowest BCUT2D eigenvalue weighted by Gasteiger charge is -2.29. The first-order valence-corrected chi connectivity index (χ1v) is 12.6. The quantitative estimate of drug-likeness (QED) is 0.446. The van der Waals surface area contributed by atoms with Crippen LogP contribution < -0.4 is 10.1 Å². The molecule has 0 saturated heterocycles. The Kier molecular flexibility index (Phi) is 7.95. The number of nitrogens with zero attached hydrogens (tertiary/aromatic N) is 1. The number of benzene rings is 2. The first-order chi connectivity index (χ1) is 15.2. The standard InChI is InChI=1S/C23H25ClN2O4S2/c1-16(13-21-5-4-12-31-21)26(15-18-6-8-19(24)9-7-18)32(28,29)23-14-20(25-17(2)27)10-11-22(23)30-3/h4-12,14,16H,13,15H2,1-3H3,(H,25,27). The Labute approximate surface area is 197 Å². The van der Waals surface area contributed by atoms with Crippen LogP contribution in [0, 0.1) is 0 Å². The molecule has 3 aromatic rings. The second kappa shape index (κ2) is 10.5. The molecule has 32 heavy (non-hydrogen) atoms. The monoisotopic (exact) mass is 492 g/mol. The fourth-order valence-electron chi connectivity index (χ4n) is 3.35. The number of amides is 1. The molecule has 0 fully saturated rings. The second-order valence-electron chi connectivity index (χ2n) is 7.36. The van der Waals surface area contributed by atoms with Gasteiger partial charge in [-0.05, 0) is 60.7 Å². The number of carbonyl (C=O) groups excluding carboxylic acids is 1. The van der Waals surface area contributed by atoms with Gasteiger partial charge in [0.2, 0.25) is 15.9 Å². The van der Waals surface area contributed by atoms with Gasteiger partial charge in [-0.1, -0.05) is 29.8 Å². The molecule has 0 radical (unpaired) electrons. The molecule has 1 aromatic heterocycles. The van der Waals surface area contributed by atoms with Crippen molar-refractivity contribution < 1.29 is 17.9 Å². The lowest BCUT2D eigenvalue weighted by atomic mass is 10.1. The average molecular weight is 493 g/mol. The van der Waals surface area contributed by atoms with Crippen LogP contribution in [0.5, 0.6) is 5.75 Å². The third-order valence-electron chi connectivity index (χ3n) is 4.89. The summed E-state index contributed by atoms with van der Waals surface area (Å²) in [5.41, 5.74) is 1.20. The molecule has 1 atom stereocenters. The molecule has 170 valence electrons. The van der Waals surface area contributed by atoms with Gasteiger partial charge in [-0.2, -0.15) is 4.31 Å². The number of ether oxygens (including phenoxy) is 1. The summed E-state index contributed by atoms with van der Waals surface area (Å²) in [5, 5.41) is 5.19. The largest absolute Gasteiger partial charge is 0.495 e. The normalized spacial score (nSPS) is 12.5. The van der Waals surface area contributed by atoms with Gasteiger partial charge >= 0.3 is 0 Å². The molecule has 0 aliphatic rings. The Morgan fingerprint density at radius 1 is 1.19 bits per heavy atom. The molecule has 0 bridgehead atoms. The van der Waals surface area contributed by atoms with E-state index in [0.717, 1.165) is 10.4 Å². The van der Waals surface area contributed by atoms with Gasteiger partial charge in [-0.25, -0.2) is 8.42 Å². The van der Waals surface area contributed by atoms with Crippen molar-refractivity contribution in [3.8, 4) is 5.75 Å². The summed E-state index contributed by atoms with van der Waals surface area (Å²) in [7, 11) is -2.56. The van der Waals surface area contributed by atoms with E-state index >= 15 is 0 Å². The fourth-order valence-corrected chi connectivity index (χ4v) is 6.11. The van der Waals surface area contributed by atoms with Crippen molar-refractivity contribution in [1.29, 1.82) is 0 Å². The highest BCUT2D eigenvalue weighted by molar-refractivity contribution is 7.89. The van der Waals surface area contributed by atoms with Crippen LogP contribution in [0.3, 0.4) is 0 Å². The Morgan fingerprint density at radius 2 is 1.91 bits per heavy atom. The van der Waals surface area contributed by atoms with E-state index in [4.69, 9.17) is 16.3 Å². The zero-order valence-electron chi connectivity index (χ0n) is 18.0. The van der Waals surface area contributed by atoms with E-state index in [9.17, 15) is 13.2 Å². The van der Waals surface area contributed by atoms with Crippen molar-refractivity contribution in [3.63, 3.8) is 0 Å². The van der Waals surface area contributed by atoms with E-state index in [-0.39, 0.29) is 29.1 Å². The summed E-state index contributed by atoms with van der Waals surface area (Å²) in [6, 6.07) is 15.3. The number of rotatable bonds is 9. The maximum absolute atomic E-state index is 13.9. The smallest absolute Gasteiger partial charge is 0.247 e. The predicted molar refractivity (Wildman–Crippen MR) is 129 cm³/mol. The van der Waals surface area contributed by atoms with Gasteiger partial charge < -0.3 is 10.1 Å². The highest BCUT2D eigenvalue weighted by Crippen LogP contribution is 2.32. The van der Waals surface area contributed by atoms with Crippen molar-refractivity contribution in [1.82, 2.24) is 4.31 Å². The van der Waals surface area contributed by atoms with Gasteiger partial charge in [0, 0.05) is 35.1 Å². The molecule has 9 heteroatoms. The highest BCUT2D eigenvalue weighted by atomic mass is 35.5. The van der Waals surface area contributed by atoms with Crippen LogP contribution in [0.15, 0.2) is 64.9 Å². The van der Waals surface area contributed by atoms with Gasteiger partial charge in [-0.3, -0.25) is 4.79 Å². The van der Waals surface area contributed by atoms with Gasteiger partial charge in [-0.15, -0.1) is 11.3 Å². The molecule has 1 unspecified atom stereocenters. The molecule has 1 N–H and O–H groups in total. The lowest BCUT2D eigenvalue weighted by molar-refractivity contribution is -0.114. The number of carbonyl (C=O) groups is 1. The van der Waals surface area contributed by atoms with E-state index in [1.165, 1.54) is 24.4 Å². The summed E-state index contributed by atoms with van der Waals surface area (Å²) < 4.78 is 34.6. The molecule has 3 rings (SSSR count). The van der Waals surface area contributed by atoms with Crippen LogP contribution in [0.1, 0.15) is 24.3 Å². The van der Waals surface area contributed by atoms with E-state index in [1.807, 2.05) is 36.6 Å². The van der Waals surface area contributed by atoms with E-state index in [1.54, 1.807) is 35.6 Å². The molecule has 0 spiro atoms. The molecular weight excluding hydrogens is 468 g/mol. The van der Waals surface area contributed by atoms with Gasteiger partial charge in [0.1, 0.15) is 10.6 Å².